The van der Waals surface area contributed by atoms with Gasteiger partial charge in [0.05, 0.1) is 12.6 Å². The molecular weight excluding hydrogens is 252 g/mol. The van der Waals surface area contributed by atoms with Gasteiger partial charge in [0.25, 0.3) is 0 Å². The predicted molar refractivity (Wildman–Crippen MR) is 81.7 cm³/mol. The van der Waals surface area contributed by atoms with E-state index in [1.54, 1.807) is 11.9 Å². The molecule has 0 unspecified atom stereocenters. The Kier molecular flexibility index (Phi) is 6.52. The average molecular weight is 278 g/mol. The lowest BCUT2D eigenvalue weighted by atomic mass is 10.0. The van der Waals surface area contributed by atoms with Crippen LogP contribution in [0.5, 0.6) is 5.75 Å². The van der Waals surface area contributed by atoms with Crippen LogP contribution in [0.3, 0.4) is 0 Å². The van der Waals surface area contributed by atoms with E-state index in [0.29, 0.717) is 13.2 Å². The Morgan fingerprint density at radius 3 is 2.60 bits per heavy atom. The number of hydrogen-bond donors (Lipinski definition) is 1. The summed E-state index contributed by atoms with van der Waals surface area (Å²) in [6, 6.07) is 7.50. The number of hydrogen-bond acceptors (Lipinski definition) is 3. The monoisotopic (exact) mass is 278 g/mol. The van der Waals surface area contributed by atoms with E-state index in [1.807, 2.05) is 45.0 Å². The van der Waals surface area contributed by atoms with Crippen LogP contribution < -0.4 is 10.5 Å². The molecule has 0 aliphatic heterocycles. The van der Waals surface area contributed by atoms with Crippen LogP contribution in [0.1, 0.15) is 25.8 Å². The maximum atomic E-state index is 12.0. The van der Waals surface area contributed by atoms with Gasteiger partial charge in [0.15, 0.2) is 0 Å². The maximum Gasteiger partial charge on any atom is 0.239 e. The Hall–Kier alpha value is -1.55. The molecule has 1 rings (SSSR count). The summed E-state index contributed by atoms with van der Waals surface area (Å²) < 4.78 is 5.71. The number of ether oxygens (including phenoxy) is 1. The van der Waals surface area contributed by atoms with Gasteiger partial charge in [-0.3, -0.25) is 4.79 Å². The van der Waals surface area contributed by atoms with Crippen molar-refractivity contribution in [1.82, 2.24) is 4.90 Å². The molecule has 2 N–H and O–H groups in total. The number of aryl methyl sites for hydroxylation is 1. The van der Waals surface area contributed by atoms with Gasteiger partial charge >= 0.3 is 0 Å². The van der Waals surface area contributed by atoms with E-state index in [9.17, 15) is 4.79 Å². The minimum absolute atomic E-state index is 0.00380. The predicted octanol–water partition coefficient (Wildman–Crippen LogP) is 2.21. The van der Waals surface area contributed by atoms with Gasteiger partial charge in [-0.05, 0) is 30.9 Å². The lowest BCUT2D eigenvalue weighted by molar-refractivity contribution is -0.132. The topological polar surface area (TPSA) is 55.6 Å². The average Bonchev–Trinajstić information content (AvgIpc) is 2.43. The summed E-state index contributed by atoms with van der Waals surface area (Å²) >= 11 is 0. The summed E-state index contributed by atoms with van der Waals surface area (Å²) in [4.78, 5) is 13.6. The molecule has 0 spiro atoms. The fourth-order valence-corrected chi connectivity index (χ4v) is 1.85. The number of amides is 1. The highest BCUT2D eigenvalue weighted by atomic mass is 16.5. The van der Waals surface area contributed by atoms with Crippen molar-refractivity contribution in [2.45, 2.75) is 33.2 Å². The van der Waals surface area contributed by atoms with Crippen molar-refractivity contribution >= 4 is 5.91 Å². The zero-order valence-electron chi connectivity index (χ0n) is 12.9. The summed E-state index contributed by atoms with van der Waals surface area (Å²) in [5, 5.41) is 0. The summed E-state index contributed by atoms with van der Waals surface area (Å²) in [5.41, 5.74) is 6.98. The van der Waals surface area contributed by atoms with Crippen LogP contribution in [0.15, 0.2) is 24.3 Å². The Balaban J connectivity index is 2.31. The number of carbonyl (C=O) groups is 1. The summed E-state index contributed by atoms with van der Waals surface area (Å²) in [6.07, 6.45) is 0.793. The number of nitrogens with zero attached hydrogens (tertiary/aromatic N) is 1. The van der Waals surface area contributed by atoms with E-state index in [4.69, 9.17) is 10.5 Å². The molecule has 20 heavy (non-hydrogen) atoms. The van der Waals surface area contributed by atoms with E-state index in [0.717, 1.165) is 17.7 Å². The highest BCUT2D eigenvalue weighted by molar-refractivity contribution is 5.81. The van der Waals surface area contributed by atoms with Crippen molar-refractivity contribution in [3.8, 4) is 5.75 Å². The molecule has 4 heteroatoms. The van der Waals surface area contributed by atoms with Gasteiger partial charge in [-0.1, -0.05) is 32.0 Å². The first-order valence-electron chi connectivity index (χ1n) is 7.12. The molecule has 0 aliphatic rings. The Bertz CT molecular complexity index is 432. The summed E-state index contributed by atoms with van der Waals surface area (Å²) in [6.45, 7) is 7.19. The van der Waals surface area contributed by atoms with Crippen molar-refractivity contribution in [2.24, 2.45) is 11.7 Å². The zero-order chi connectivity index (χ0) is 15.1. The van der Waals surface area contributed by atoms with Crippen LogP contribution in [0, 0.1) is 12.8 Å². The van der Waals surface area contributed by atoms with E-state index in [-0.39, 0.29) is 11.8 Å². The molecule has 1 atom stereocenters. The quantitative estimate of drug-likeness (QED) is 0.778. The van der Waals surface area contributed by atoms with Crippen LogP contribution in [-0.4, -0.2) is 37.0 Å². The Morgan fingerprint density at radius 2 is 2.00 bits per heavy atom. The fourth-order valence-electron chi connectivity index (χ4n) is 1.85. The number of benzene rings is 1. The fraction of sp³-hybridized carbons (Fsp3) is 0.562. The molecule has 4 nitrogen and oxygen atoms in total. The molecule has 0 saturated heterocycles. The summed E-state index contributed by atoms with van der Waals surface area (Å²) in [7, 11) is 1.79. The van der Waals surface area contributed by atoms with Gasteiger partial charge in [0, 0.05) is 13.6 Å². The normalized spacial score (nSPS) is 12.3. The van der Waals surface area contributed by atoms with E-state index in [2.05, 4.69) is 0 Å². The minimum atomic E-state index is -0.419. The van der Waals surface area contributed by atoms with Crippen molar-refractivity contribution < 1.29 is 9.53 Å². The highest BCUT2D eigenvalue weighted by Crippen LogP contribution is 2.16. The molecule has 0 aromatic heterocycles. The third kappa shape index (κ3) is 4.85. The van der Waals surface area contributed by atoms with Gasteiger partial charge in [-0.15, -0.1) is 0 Å². The SMILES string of the molecule is Cc1ccccc1OCCCN(C)C(=O)[C@@H](N)C(C)C. The van der Waals surface area contributed by atoms with Crippen molar-refractivity contribution in [3.63, 3.8) is 0 Å². The molecule has 1 amide bonds. The smallest absolute Gasteiger partial charge is 0.239 e. The molecule has 1 aromatic rings. The number of likely N-dealkylation sites (N-methyl/N-ethyl adjacent to an activating group) is 1. The molecule has 0 fully saturated rings. The molecule has 0 saturated carbocycles. The number of rotatable bonds is 7. The zero-order valence-corrected chi connectivity index (χ0v) is 12.9. The second kappa shape index (κ2) is 7.90. The third-order valence-electron chi connectivity index (χ3n) is 3.37. The number of para-hydroxylation sites is 1. The van der Waals surface area contributed by atoms with Gasteiger partial charge in [-0.25, -0.2) is 0 Å². The van der Waals surface area contributed by atoms with Crippen LogP contribution in [-0.2, 0) is 4.79 Å². The second-order valence-corrected chi connectivity index (χ2v) is 5.50. The minimum Gasteiger partial charge on any atom is -0.493 e. The van der Waals surface area contributed by atoms with Crippen LogP contribution >= 0.6 is 0 Å². The summed E-state index contributed by atoms with van der Waals surface area (Å²) in [5.74, 6) is 1.06. The van der Waals surface area contributed by atoms with Crippen molar-refractivity contribution in [3.05, 3.63) is 29.8 Å². The lowest BCUT2D eigenvalue weighted by Gasteiger charge is -2.23. The van der Waals surface area contributed by atoms with Crippen LogP contribution in [0.2, 0.25) is 0 Å². The molecule has 0 bridgehead atoms. The maximum absolute atomic E-state index is 12.0. The van der Waals surface area contributed by atoms with Crippen LogP contribution in [0.25, 0.3) is 0 Å². The van der Waals surface area contributed by atoms with E-state index in [1.165, 1.54) is 0 Å². The van der Waals surface area contributed by atoms with E-state index < -0.39 is 6.04 Å². The Labute approximate surface area is 121 Å². The molecule has 0 aliphatic carbocycles. The van der Waals surface area contributed by atoms with Gasteiger partial charge in [0.2, 0.25) is 5.91 Å². The highest BCUT2D eigenvalue weighted by Gasteiger charge is 2.20. The number of carbonyl (C=O) groups excluding carboxylic acids is 1. The first kappa shape index (κ1) is 16.5. The van der Waals surface area contributed by atoms with E-state index >= 15 is 0 Å². The molecular formula is C16H26N2O2. The Morgan fingerprint density at radius 1 is 1.35 bits per heavy atom. The van der Waals surface area contributed by atoms with Crippen LogP contribution in [0.4, 0.5) is 0 Å². The standard InChI is InChI=1S/C16H26N2O2/c1-12(2)15(17)16(19)18(4)10-7-11-20-14-9-6-5-8-13(14)3/h5-6,8-9,12,15H,7,10-11,17H2,1-4H3/t15-/m0/s1. The first-order valence-corrected chi connectivity index (χ1v) is 7.12. The molecule has 0 radical (unpaired) electrons. The first-order chi connectivity index (χ1) is 9.43. The number of nitrogens with two attached hydrogens (primary N) is 1. The second-order valence-electron chi connectivity index (χ2n) is 5.50. The molecule has 0 heterocycles. The van der Waals surface area contributed by atoms with Crippen molar-refractivity contribution in [1.29, 1.82) is 0 Å². The molecule has 1 aromatic carbocycles. The van der Waals surface area contributed by atoms with Crippen molar-refractivity contribution in [2.75, 3.05) is 20.2 Å². The van der Waals surface area contributed by atoms with Gasteiger partial charge in [0.1, 0.15) is 5.75 Å². The van der Waals surface area contributed by atoms with Gasteiger partial charge in [-0.2, -0.15) is 0 Å². The molecule has 112 valence electrons. The van der Waals surface area contributed by atoms with Gasteiger partial charge < -0.3 is 15.4 Å². The lowest BCUT2D eigenvalue weighted by Crippen LogP contribution is -2.45. The largest absolute Gasteiger partial charge is 0.493 e. The third-order valence-corrected chi connectivity index (χ3v) is 3.37.